The summed E-state index contributed by atoms with van der Waals surface area (Å²) in [5.41, 5.74) is 0. The molecular weight excluding hydrogens is 417 g/mol. The van der Waals surface area contributed by atoms with Crippen molar-refractivity contribution >= 4 is 48.5 Å². The van der Waals surface area contributed by atoms with Crippen molar-refractivity contribution in [3.05, 3.63) is 28.7 Å². The zero-order valence-electron chi connectivity index (χ0n) is 9.65. The first-order valence-electron chi connectivity index (χ1n) is 5.20. The standard InChI is InChI=1S/C11H15BrINO2S/c1-8(2)11(7-13)14-17(15,16)10-5-3-9(12)4-6-10/h3-6,8,11,14H,7H2,1-2H3. The van der Waals surface area contributed by atoms with E-state index in [-0.39, 0.29) is 12.0 Å². The van der Waals surface area contributed by atoms with Crippen LogP contribution in [0.3, 0.4) is 0 Å². The van der Waals surface area contributed by atoms with E-state index in [1.807, 2.05) is 13.8 Å². The topological polar surface area (TPSA) is 46.2 Å². The van der Waals surface area contributed by atoms with Gasteiger partial charge in [-0.25, -0.2) is 13.1 Å². The number of nitrogens with one attached hydrogen (secondary N) is 1. The maximum absolute atomic E-state index is 12.1. The Morgan fingerprint density at radius 1 is 1.29 bits per heavy atom. The minimum atomic E-state index is -3.41. The average molecular weight is 432 g/mol. The van der Waals surface area contributed by atoms with Gasteiger partial charge in [-0.2, -0.15) is 0 Å². The Kier molecular flexibility index (Phi) is 5.88. The molecule has 6 heteroatoms. The van der Waals surface area contributed by atoms with Crippen LogP contribution in [-0.4, -0.2) is 18.9 Å². The largest absolute Gasteiger partial charge is 0.240 e. The Morgan fingerprint density at radius 3 is 2.24 bits per heavy atom. The molecule has 0 aliphatic carbocycles. The Hall–Kier alpha value is 0.340. The quantitative estimate of drug-likeness (QED) is 0.574. The summed E-state index contributed by atoms with van der Waals surface area (Å²) in [6.45, 7) is 4.01. The van der Waals surface area contributed by atoms with Crippen LogP contribution in [0.2, 0.25) is 0 Å². The van der Waals surface area contributed by atoms with Crippen molar-refractivity contribution in [1.82, 2.24) is 4.72 Å². The fourth-order valence-electron chi connectivity index (χ4n) is 1.23. The molecule has 0 aliphatic heterocycles. The Balaban J connectivity index is 2.92. The van der Waals surface area contributed by atoms with Gasteiger partial charge in [-0.15, -0.1) is 0 Å². The molecule has 0 fully saturated rings. The van der Waals surface area contributed by atoms with E-state index in [4.69, 9.17) is 0 Å². The molecule has 96 valence electrons. The number of benzene rings is 1. The molecule has 1 atom stereocenters. The zero-order chi connectivity index (χ0) is 13.1. The van der Waals surface area contributed by atoms with Crippen LogP contribution < -0.4 is 4.72 Å². The summed E-state index contributed by atoms with van der Waals surface area (Å²) in [5, 5.41) is 0. The van der Waals surface area contributed by atoms with E-state index in [1.54, 1.807) is 24.3 Å². The van der Waals surface area contributed by atoms with Gasteiger partial charge in [-0.1, -0.05) is 52.4 Å². The second kappa shape index (κ2) is 6.49. The first-order valence-corrected chi connectivity index (χ1v) is 9.01. The highest BCUT2D eigenvalue weighted by molar-refractivity contribution is 14.1. The second-order valence-corrected chi connectivity index (χ2v) is 7.59. The minimum Gasteiger partial charge on any atom is -0.207 e. The summed E-state index contributed by atoms with van der Waals surface area (Å²) in [7, 11) is -3.41. The van der Waals surface area contributed by atoms with Crippen LogP contribution in [0.4, 0.5) is 0 Å². The maximum atomic E-state index is 12.1. The molecular formula is C11H15BrINO2S. The maximum Gasteiger partial charge on any atom is 0.240 e. The molecule has 0 bridgehead atoms. The van der Waals surface area contributed by atoms with Crippen LogP contribution in [0.5, 0.6) is 0 Å². The third kappa shape index (κ3) is 4.50. The number of alkyl halides is 1. The summed E-state index contributed by atoms with van der Waals surface area (Å²) in [5.74, 6) is 0.275. The van der Waals surface area contributed by atoms with Crippen molar-refractivity contribution in [1.29, 1.82) is 0 Å². The molecule has 17 heavy (non-hydrogen) atoms. The van der Waals surface area contributed by atoms with Crippen molar-refractivity contribution in [3.8, 4) is 0 Å². The van der Waals surface area contributed by atoms with Crippen LogP contribution in [0.25, 0.3) is 0 Å². The molecule has 0 spiro atoms. The van der Waals surface area contributed by atoms with Gasteiger partial charge in [-0.05, 0) is 30.2 Å². The molecule has 0 aliphatic rings. The highest BCUT2D eigenvalue weighted by atomic mass is 127. The summed E-state index contributed by atoms with van der Waals surface area (Å²) in [6.07, 6.45) is 0. The minimum absolute atomic E-state index is 0.0377. The fraction of sp³-hybridized carbons (Fsp3) is 0.455. The van der Waals surface area contributed by atoms with Crippen molar-refractivity contribution in [2.24, 2.45) is 5.92 Å². The zero-order valence-corrected chi connectivity index (χ0v) is 14.2. The number of rotatable bonds is 5. The first kappa shape index (κ1) is 15.4. The predicted molar refractivity (Wildman–Crippen MR) is 82.0 cm³/mol. The van der Waals surface area contributed by atoms with Gasteiger partial charge in [0.15, 0.2) is 0 Å². The molecule has 0 saturated heterocycles. The molecule has 1 aromatic carbocycles. The van der Waals surface area contributed by atoms with Crippen molar-refractivity contribution in [2.45, 2.75) is 24.8 Å². The molecule has 0 heterocycles. The van der Waals surface area contributed by atoms with Crippen LogP contribution in [-0.2, 0) is 10.0 Å². The van der Waals surface area contributed by atoms with Gasteiger partial charge in [0.25, 0.3) is 0 Å². The summed E-state index contributed by atoms with van der Waals surface area (Å²) < 4.78 is 28.5. The van der Waals surface area contributed by atoms with Gasteiger partial charge in [-0.3, -0.25) is 0 Å². The van der Waals surface area contributed by atoms with Gasteiger partial charge in [0.1, 0.15) is 0 Å². The molecule has 0 aromatic heterocycles. The van der Waals surface area contributed by atoms with Crippen molar-refractivity contribution in [3.63, 3.8) is 0 Å². The second-order valence-electron chi connectivity index (χ2n) is 4.08. The van der Waals surface area contributed by atoms with Gasteiger partial charge >= 0.3 is 0 Å². The van der Waals surface area contributed by atoms with Crippen LogP contribution in [0.15, 0.2) is 33.6 Å². The lowest BCUT2D eigenvalue weighted by Crippen LogP contribution is -2.39. The normalized spacial score (nSPS) is 13.9. The molecule has 1 N–H and O–H groups in total. The van der Waals surface area contributed by atoms with E-state index in [1.165, 1.54) is 0 Å². The van der Waals surface area contributed by atoms with E-state index in [9.17, 15) is 8.42 Å². The van der Waals surface area contributed by atoms with E-state index in [0.717, 1.165) is 8.90 Å². The lowest BCUT2D eigenvalue weighted by molar-refractivity contribution is 0.486. The molecule has 0 radical (unpaired) electrons. The Bertz CT molecular complexity index is 459. The smallest absolute Gasteiger partial charge is 0.207 e. The summed E-state index contributed by atoms with van der Waals surface area (Å²) in [4.78, 5) is 0.302. The fourth-order valence-corrected chi connectivity index (χ4v) is 4.41. The lowest BCUT2D eigenvalue weighted by atomic mass is 10.1. The van der Waals surface area contributed by atoms with E-state index in [2.05, 4.69) is 43.2 Å². The molecule has 0 amide bonds. The lowest BCUT2D eigenvalue weighted by Gasteiger charge is -2.19. The Morgan fingerprint density at radius 2 is 1.82 bits per heavy atom. The SMILES string of the molecule is CC(C)C(CI)NS(=O)(=O)c1ccc(Br)cc1. The number of hydrogen-bond donors (Lipinski definition) is 1. The highest BCUT2D eigenvalue weighted by Gasteiger charge is 2.21. The number of hydrogen-bond acceptors (Lipinski definition) is 2. The van der Waals surface area contributed by atoms with Gasteiger partial charge in [0.05, 0.1) is 4.90 Å². The first-order chi connectivity index (χ1) is 7.86. The monoisotopic (exact) mass is 431 g/mol. The Labute approximate surface area is 125 Å². The van der Waals surface area contributed by atoms with Crippen LogP contribution in [0.1, 0.15) is 13.8 Å². The molecule has 1 unspecified atom stereocenters. The van der Waals surface area contributed by atoms with E-state index < -0.39 is 10.0 Å². The van der Waals surface area contributed by atoms with Gasteiger partial charge in [0, 0.05) is 14.9 Å². The molecule has 1 rings (SSSR count). The summed E-state index contributed by atoms with van der Waals surface area (Å²) >= 11 is 5.48. The van der Waals surface area contributed by atoms with E-state index >= 15 is 0 Å². The van der Waals surface area contributed by atoms with E-state index in [0.29, 0.717) is 4.90 Å². The van der Waals surface area contributed by atoms with Crippen molar-refractivity contribution in [2.75, 3.05) is 4.43 Å². The molecule has 3 nitrogen and oxygen atoms in total. The number of sulfonamides is 1. The third-order valence-corrected chi connectivity index (χ3v) is 5.38. The van der Waals surface area contributed by atoms with Gasteiger partial charge < -0.3 is 0 Å². The molecule has 0 saturated carbocycles. The van der Waals surface area contributed by atoms with Crippen molar-refractivity contribution < 1.29 is 8.42 Å². The summed E-state index contributed by atoms with van der Waals surface area (Å²) in [6, 6.07) is 6.60. The average Bonchev–Trinajstić information content (AvgIpc) is 2.26. The predicted octanol–water partition coefficient (Wildman–Crippen LogP) is 3.19. The van der Waals surface area contributed by atoms with Gasteiger partial charge in [0.2, 0.25) is 10.0 Å². The third-order valence-electron chi connectivity index (χ3n) is 2.40. The number of halogens is 2. The van der Waals surface area contributed by atoms with Crippen LogP contribution >= 0.6 is 38.5 Å². The van der Waals surface area contributed by atoms with Crippen LogP contribution in [0, 0.1) is 5.92 Å². The highest BCUT2D eigenvalue weighted by Crippen LogP contribution is 2.16. The molecule has 1 aromatic rings.